The lowest BCUT2D eigenvalue weighted by molar-refractivity contribution is -0.153. The number of ether oxygens (including phenoxy) is 2. The monoisotopic (exact) mass is 212 g/mol. The van der Waals surface area contributed by atoms with Crippen molar-refractivity contribution < 1.29 is 24.2 Å². The Balaban J connectivity index is 1.98. The molecule has 5 nitrogen and oxygen atoms in total. The van der Waals surface area contributed by atoms with Crippen LogP contribution in [0.4, 0.5) is 0 Å². The van der Waals surface area contributed by atoms with E-state index in [4.69, 9.17) is 4.74 Å². The number of carbonyl (C=O) groups excluding carboxylic acids is 2. The number of aliphatic hydroxyl groups is 1. The van der Waals surface area contributed by atoms with Crippen molar-refractivity contribution in [2.24, 2.45) is 23.7 Å². The van der Waals surface area contributed by atoms with Crippen molar-refractivity contribution in [2.45, 2.75) is 18.6 Å². The second kappa shape index (κ2) is 2.72. The van der Waals surface area contributed by atoms with Gasteiger partial charge in [-0.3, -0.25) is 9.59 Å². The third-order valence-electron chi connectivity index (χ3n) is 4.05. The number of rotatable bonds is 1. The Labute approximate surface area is 86.4 Å². The molecular formula is C10H12O5. The first kappa shape index (κ1) is 9.15. The molecule has 3 rings (SSSR count). The van der Waals surface area contributed by atoms with Crippen LogP contribution in [0.3, 0.4) is 0 Å². The standard InChI is InChI=1S/C10H12O5/c1-14-9(12)5-3-2-4-6(5)10(13)15-8(4)7(3)11/h3-8,11H,2H2,1H3/t3-,4+,5-,6+,7-,8-/m0/s1. The zero-order valence-corrected chi connectivity index (χ0v) is 8.25. The smallest absolute Gasteiger partial charge is 0.310 e. The van der Waals surface area contributed by atoms with Crippen molar-refractivity contribution in [3.05, 3.63) is 0 Å². The zero-order chi connectivity index (χ0) is 10.7. The Bertz CT molecular complexity index is 339. The molecule has 0 radical (unpaired) electrons. The molecule has 5 heteroatoms. The number of fused-ring (bicyclic) bond motifs is 1. The Morgan fingerprint density at radius 3 is 2.93 bits per heavy atom. The van der Waals surface area contributed by atoms with E-state index in [0.29, 0.717) is 6.42 Å². The normalized spacial score (nSPS) is 50.7. The topological polar surface area (TPSA) is 72.8 Å². The molecule has 0 unspecified atom stereocenters. The number of hydrogen-bond donors (Lipinski definition) is 1. The van der Waals surface area contributed by atoms with E-state index in [1.807, 2.05) is 0 Å². The Hall–Kier alpha value is -1.10. The number of carbonyl (C=O) groups is 2. The molecule has 1 heterocycles. The van der Waals surface area contributed by atoms with E-state index >= 15 is 0 Å². The molecule has 3 fully saturated rings. The highest BCUT2D eigenvalue weighted by atomic mass is 16.6. The first-order chi connectivity index (χ1) is 7.15. The summed E-state index contributed by atoms with van der Waals surface area (Å²) in [4.78, 5) is 23.1. The summed E-state index contributed by atoms with van der Waals surface area (Å²) in [6.45, 7) is 0. The van der Waals surface area contributed by atoms with E-state index in [1.165, 1.54) is 7.11 Å². The molecule has 0 aromatic heterocycles. The SMILES string of the molecule is COC(=O)[C@H]1[C@@H]2C[C@H]3[C@H](OC(=O)[C@H]31)[C@H]2O. The lowest BCUT2D eigenvalue weighted by Crippen LogP contribution is -2.41. The lowest BCUT2D eigenvalue weighted by Gasteiger charge is -2.26. The lowest BCUT2D eigenvalue weighted by atomic mass is 9.78. The fourth-order valence-electron chi connectivity index (χ4n) is 3.48. The minimum absolute atomic E-state index is 0.0154. The summed E-state index contributed by atoms with van der Waals surface area (Å²) in [6.07, 6.45) is -0.377. The van der Waals surface area contributed by atoms with E-state index < -0.39 is 18.0 Å². The number of aliphatic hydroxyl groups excluding tert-OH is 1. The van der Waals surface area contributed by atoms with Gasteiger partial charge in [0.05, 0.1) is 25.0 Å². The summed E-state index contributed by atoms with van der Waals surface area (Å²) < 4.78 is 9.76. The van der Waals surface area contributed by atoms with E-state index in [1.54, 1.807) is 0 Å². The Morgan fingerprint density at radius 2 is 2.27 bits per heavy atom. The van der Waals surface area contributed by atoms with Crippen molar-refractivity contribution in [3.63, 3.8) is 0 Å². The van der Waals surface area contributed by atoms with Crippen LogP contribution in [-0.4, -0.2) is 36.4 Å². The van der Waals surface area contributed by atoms with Crippen LogP contribution in [0, 0.1) is 23.7 Å². The first-order valence-electron chi connectivity index (χ1n) is 5.11. The van der Waals surface area contributed by atoms with Gasteiger partial charge in [0.25, 0.3) is 0 Å². The van der Waals surface area contributed by atoms with Crippen LogP contribution in [0.25, 0.3) is 0 Å². The average molecular weight is 212 g/mol. The maximum atomic E-state index is 11.5. The van der Waals surface area contributed by atoms with Gasteiger partial charge in [0.2, 0.25) is 0 Å². The fourth-order valence-corrected chi connectivity index (χ4v) is 3.48. The molecule has 6 atom stereocenters. The van der Waals surface area contributed by atoms with Gasteiger partial charge >= 0.3 is 11.9 Å². The summed E-state index contributed by atoms with van der Waals surface area (Å²) in [6, 6.07) is 0. The van der Waals surface area contributed by atoms with Crippen LogP contribution in [-0.2, 0) is 19.1 Å². The van der Waals surface area contributed by atoms with Gasteiger partial charge in [-0.05, 0) is 6.42 Å². The fraction of sp³-hybridized carbons (Fsp3) is 0.800. The minimum atomic E-state index is -0.693. The zero-order valence-electron chi connectivity index (χ0n) is 8.25. The van der Waals surface area contributed by atoms with E-state index in [2.05, 4.69) is 4.74 Å². The summed E-state index contributed by atoms with van der Waals surface area (Å²) in [7, 11) is 1.30. The summed E-state index contributed by atoms with van der Waals surface area (Å²) in [5.41, 5.74) is 0. The highest BCUT2D eigenvalue weighted by molar-refractivity contribution is 5.86. The number of methoxy groups -OCH3 is 1. The quantitative estimate of drug-likeness (QED) is 0.583. The molecule has 0 spiro atoms. The second-order valence-electron chi connectivity index (χ2n) is 4.53. The van der Waals surface area contributed by atoms with Crippen LogP contribution < -0.4 is 0 Å². The molecule has 82 valence electrons. The molecule has 1 N–H and O–H groups in total. The summed E-state index contributed by atoms with van der Waals surface area (Å²) in [5.74, 6) is -1.77. The molecule has 15 heavy (non-hydrogen) atoms. The molecule has 2 aliphatic carbocycles. The van der Waals surface area contributed by atoms with Crippen LogP contribution >= 0.6 is 0 Å². The molecular weight excluding hydrogens is 200 g/mol. The maximum absolute atomic E-state index is 11.5. The van der Waals surface area contributed by atoms with Crippen molar-refractivity contribution >= 4 is 11.9 Å². The molecule has 0 aromatic carbocycles. The summed E-state index contributed by atoms with van der Waals surface area (Å²) >= 11 is 0. The number of hydrogen-bond acceptors (Lipinski definition) is 5. The van der Waals surface area contributed by atoms with Crippen molar-refractivity contribution in [1.82, 2.24) is 0 Å². The van der Waals surface area contributed by atoms with E-state index in [9.17, 15) is 14.7 Å². The van der Waals surface area contributed by atoms with Gasteiger partial charge in [-0.1, -0.05) is 0 Å². The Kier molecular flexibility index (Phi) is 1.66. The minimum Gasteiger partial charge on any atom is -0.469 e. The van der Waals surface area contributed by atoms with Crippen LogP contribution in [0.5, 0.6) is 0 Å². The van der Waals surface area contributed by atoms with Gasteiger partial charge in [-0.15, -0.1) is 0 Å². The van der Waals surface area contributed by atoms with Crippen LogP contribution in [0.1, 0.15) is 6.42 Å². The third kappa shape index (κ3) is 0.916. The molecule has 0 amide bonds. The van der Waals surface area contributed by atoms with Gasteiger partial charge in [0.1, 0.15) is 6.10 Å². The molecule has 3 aliphatic rings. The maximum Gasteiger partial charge on any atom is 0.310 e. The van der Waals surface area contributed by atoms with Crippen LogP contribution in [0.15, 0.2) is 0 Å². The first-order valence-corrected chi connectivity index (χ1v) is 5.11. The third-order valence-corrected chi connectivity index (χ3v) is 4.05. The van der Waals surface area contributed by atoms with E-state index in [0.717, 1.165) is 0 Å². The van der Waals surface area contributed by atoms with Crippen LogP contribution in [0.2, 0.25) is 0 Å². The van der Waals surface area contributed by atoms with Gasteiger partial charge in [-0.2, -0.15) is 0 Å². The van der Waals surface area contributed by atoms with Crippen molar-refractivity contribution in [3.8, 4) is 0 Å². The van der Waals surface area contributed by atoms with Crippen molar-refractivity contribution in [2.75, 3.05) is 7.11 Å². The van der Waals surface area contributed by atoms with Gasteiger partial charge in [0.15, 0.2) is 0 Å². The predicted octanol–water partition coefficient (Wildman–Crippen LogP) is -0.672. The van der Waals surface area contributed by atoms with E-state index in [-0.39, 0.29) is 29.8 Å². The largest absolute Gasteiger partial charge is 0.469 e. The molecule has 1 saturated heterocycles. The Morgan fingerprint density at radius 1 is 1.53 bits per heavy atom. The molecule has 2 bridgehead atoms. The van der Waals surface area contributed by atoms with Gasteiger partial charge in [-0.25, -0.2) is 0 Å². The molecule has 2 saturated carbocycles. The second-order valence-corrected chi connectivity index (χ2v) is 4.53. The predicted molar refractivity (Wildman–Crippen MR) is 46.5 cm³/mol. The van der Waals surface area contributed by atoms with Gasteiger partial charge < -0.3 is 14.6 Å². The highest BCUT2D eigenvalue weighted by Crippen LogP contribution is 2.57. The van der Waals surface area contributed by atoms with Crippen molar-refractivity contribution in [1.29, 1.82) is 0 Å². The molecule has 1 aliphatic heterocycles. The molecule has 0 aromatic rings. The summed E-state index contributed by atoms with van der Waals surface area (Å²) in [5, 5.41) is 9.85. The number of esters is 2. The van der Waals surface area contributed by atoms with Gasteiger partial charge in [0, 0.05) is 11.8 Å². The average Bonchev–Trinajstić information content (AvgIpc) is 2.80. The highest BCUT2D eigenvalue weighted by Gasteiger charge is 2.68.